The van der Waals surface area contributed by atoms with Crippen molar-refractivity contribution < 1.29 is 164 Å². The summed E-state index contributed by atoms with van der Waals surface area (Å²) in [4.78, 5) is 27.8. The van der Waals surface area contributed by atoms with Crippen molar-refractivity contribution >= 4 is 33.7 Å². The van der Waals surface area contributed by atoms with Crippen LogP contribution in [0.25, 0.3) is 0 Å². The summed E-state index contributed by atoms with van der Waals surface area (Å²) >= 11 is 0. The first-order valence-corrected chi connectivity index (χ1v) is 29.6. The summed E-state index contributed by atoms with van der Waals surface area (Å²) in [5.41, 5.74) is -0.0529. The fourth-order valence-corrected chi connectivity index (χ4v) is 12.2. The molecule has 13 unspecified atom stereocenters. The van der Waals surface area contributed by atoms with Crippen LogP contribution in [0.2, 0.25) is 0 Å². The molecule has 37 nitrogen and oxygen atoms in total. The Morgan fingerprint density at radius 1 is 0.523 bits per heavy atom. The summed E-state index contributed by atoms with van der Waals surface area (Å²) in [7, 11) is 2.39. The molecule has 39 heteroatoms. The van der Waals surface area contributed by atoms with Crippen molar-refractivity contribution in [2.75, 3.05) is 58.5 Å². The molecule has 31 atom stereocenters. The fraction of sp³-hybridized carbons (Fsp3) is 0.915. The monoisotopic (exact) mass is 1290 g/mol. The van der Waals surface area contributed by atoms with Crippen LogP contribution in [0, 0.1) is 10.1 Å². The van der Waals surface area contributed by atoms with E-state index >= 15 is 0 Å². The lowest BCUT2D eigenvalue weighted by atomic mass is 9.96. The molecule has 0 aliphatic carbocycles. The van der Waals surface area contributed by atoms with Crippen LogP contribution < -0.4 is 5.32 Å². The Bertz CT molecular complexity index is 2170. The highest BCUT2D eigenvalue weighted by molar-refractivity contribution is 8.77. The lowest BCUT2D eigenvalue weighted by molar-refractivity contribution is -0.427. The quantitative estimate of drug-likeness (QED) is 0.0157. The molecular formula is C47H77N3O34S2. The molecule has 0 radical (unpaired) electrons. The zero-order chi connectivity index (χ0) is 62.8. The van der Waals surface area contributed by atoms with E-state index in [-0.39, 0.29) is 31.7 Å². The molecule has 496 valence electrons. The molecule has 7 aliphatic heterocycles. The molecule has 0 saturated carbocycles. The van der Waals surface area contributed by atoms with Crippen molar-refractivity contribution in [1.82, 2.24) is 5.32 Å². The molecule has 6 fully saturated rings. The van der Waals surface area contributed by atoms with E-state index in [2.05, 4.69) is 10.3 Å². The van der Waals surface area contributed by atoms with Crippen LogP contribution in [-0.2, 0) is 61.6 Å². The minimum absolute atomic E-state index is 0.0369. The van der Waals surface area contributed by atoms with E-state index in [4.69, 9.17) is 56.8 Å². The van der Waals surface area contributed by atoms with E-state index in [1.54, 1.807) is 6.21 Å². The number of nitrogens with zero attached hydrogens (tertiary/aromatic N) is 2. The van der Waals surface area contributed by atoms with Crippen molar-refractivity contribution in [3.8, 4) is 0 Å². The smallest absolute Gasteiger partial charge is 0.277 e. The average molecular weight is 1290 g/mol. The number of dihydropyridines is 1. The van der Waals surface area contributed by atoms with Crippen LogP contribution in [-0.4, -0.2) is 362 Å². The number of carbonyl (C=O) groups excluding carboxylic acids is 1. The Morgan fingerprint density at radius 3 is 1.47 bits per heavy atom. The SMILES string of the molecule is O=C(CCCO[C@H]1OC(CO[C@H]2OC(CO[C@H]3OC(CO)[C@@H](O)[C@H](O)C3O[C@H]3OC(CO)[C@@H](O)[C@H](O)C3O)[C@@H](O)[C@H](O)C2O)[C@@H](O)[C@H](O[C@H]2OC(CO)[C@@H](O)[C@H](O)C2O[C@H]2OC(CO)[C@@H](O)[C@H](O)C2O)C1O)NCCSSC1N=CCC=C1[N+](=O)[O-]. The van der Waals surface area contributed by atoms with Crippen molar-refractivity contribution in [3.05, 3.63) is 21.9 Å². The van der Waals surface area contributed by atoms with E-state index in [1.807, 2.05) is 0 Å². The highest BCUT2D eigenvalue weighted by atomic mass is 33.1. The van der Waals surface area contributed by atoms with Gasteiger partial charge in [0.1, 0.15) is 146 Å². The number of carbonyl (C=O) groups is 1. The van der Waals surface area contributed by atoms with Gasteiger partial charge in [-0.3, -0.25) is 19.9 Å². The average Bonchev–Trinajstić information content (AvgIpc) is 1.21. The molecule has 86 heavy (non-hydrogen) atoms. The third kappa shape index (κ3) is 16.9. The molecule has 0 aromatic carbocycles. The van der Waals surface area contributed by atoms with Crippen LogP contribution in [0.5, 0.6) is 0 Å². The largest absolute Gasteiger partial charge is 0.394 e. The van der Waals surface area contributed by atoms with Crippen LogP contribution in [0.4, 0.5) is 0 Å². The Labute approximate surface area is 495 Å². The second-order valence-corrected chi connectivity index (χ2v) is 23.4. The van der Waals surface area contributed by atoms with Crippen LogP contribution >= 0.6 is 21.6 Å². The molecule has 7 rings (SSSR count). The molecule has 1 amide bonds. The Kier molecular flexibility index (Phi) is 27.2. The maximum absolute atomic E-state index is 12.8. The molecule has 6 saturated heterocycles. The third-order valence-electron chi connectivity index (χ3n) is 15.0. The standard InChI is InChI=1S/C47H77N3O34S2/c51-9-16-23(56)29(62)35(68)44(76-16)83-39-32(65)25(58)18(11-53)78-46(39)75-13-20-27(60)31(64)34(67)42(80-20)74-14-21-28(61)38(82-47-40(33(66)26(59)19(12-54)79-47)84-45-36(69)30(63)24(57)17(10-52)77-45)37(70)43(81-21)73-7-2-4-22(55)48-6-8-85-86-41-15(50(71)72)3-1-5-49-41/h3,5,16-21,23-47,51-54,56-70H,1-2,4,6-14H2,(H,48,55)/t16?,17?,18?,19?,20?,21?,23-,24-,25-,26-,27-,28-,29+,30+,31+,32+,33+,34?,35?,36?,37?,38+,39?,40?,41?,42+,43+,44-,45-,46+,47-/m1/s1. The van der Waals surface area contributed by atoms with Gasteiger partial charge in [-0.2, -0.15) is 0 Å². The lowest BCUT2D eigenvalue weighted by Gasteiger charge is -2.48. The van der Waals surface area contributed by atoms with Gasteiger partial charge < -0.3 is 159 Å². The Hall–Kier alpha value is -2.26. The number of hydrogen-bond donors (Lipinski definition) is 20. The second kappa shape index (κ2) is 32.8. The first-order chi connectivity index (χ1) is 41.0. The summed E-state index contributed by atoms with van der Waals surface area (Å²) in [6.07, 6.45) is -54.4. The van der Waals surface area contributed by atoms with Crippen molar-refractivity contribution in [1.29, 1.82) is 0 Å². The van der Waals surface area contributed by atoms with Crippen LogP contribution in [0.1, 0.15) is 19.3 Å². The first-order valence-electron chi connectivity index (χ1n) is 27.3. The van der Waals surface area contributed by atoms with Gasteiger partial charge in [0.2, 0.25) is 5.91 Å². The van der Waals surface area contributed by atoms with Gasteiger partial charge in [0, 0.05) is 31.4 Å². The molecule has 0 spiro atoms. The molecule has 20 N–H and O–H groups in total. The van der Waals surface area contributed by atoms with Crippen LogP contribution in [0.3, 0.4) is 0 Å². The summed E-state index contributed by atoms with van der Waals surface area (Å²) in [5, 5.41) is 216. The van der Waals surface area contributed by atoms with E-state index in [0.29, 0.717) is 12.2 Å². The van der Waals surface area contributed by atoms with E-state index in [9.17, 15) is 112 Å². The molecule has 0 bridgehead atoms. The number of aliphatic hydroxyl groups excluding tert-OH is 19. The third-order valence-corrected chi connectivity index (χ3v) is 17.5. The number of nitrogens with one attached hydrogen (secondary N) is 1. The van der Waals surface area contributed by atoms with Crippen LogP contribution in [0.15, 0.2) is 16.8 Å². The van der Waals surface area contributed by atoms with Gasteiger partial charge in [-0.15, -0.1) is 0 Å². The molecule has 7 aliphatic rings. The second-order valence-electron chi connectivity index (χ2n) is 20.9. The number of allylic oxidation sites excluding steroid dienone is 1. The minimum Gasteiger partial charge on any atom is -0.394 e. The van der Waals surface area contributed by atoms with Gasteiger partial charge in [0.15, 0.2) is 43.1 Å². The van der Waals surface area contributed by atoms with Gasteiger partial charge in [-0.05, 0) is 12.5 Å². The van der Waals surface area contributed by atoms with E-state index in [1.165, 1.54) is 16.9 Å². The normalized spacial score (nSPS) is 45.8. The maximum Gasteiger partial charge on any atom is 0.277 e. The van der Waals surface area contributed by atoms with Gasteiger partial charge in [0.05, 0.1) is 51.2 Å². The van der Waals surface area contributed by atoms with Gasteiger partial charge in [-0.25, -0.2) is 0 Å². The summed E-state index contributed by atoms with van der Waals surface area (Å²) in [6, 6.07) is 0. The van der Waals surface area contributed by atoms with Crippen molar-refractivity contribution in [2.45, 2.75) is 209 Å². The number of hydrogen-bond acceptors (Lipinski definition) is 37. The number of aliphatic hydroxyl groups is 19. The number of aliphatic imine (C=N–C) groups is 1. The zero-order valence-electron chi connectivity index (χ0n) is 45.4. The summed E-state index contributed by atoms with van der Waals surface area (Å²) < 4.78 is 68.6. The number of ether oxygens (including phenoxy) is 12. The molecular weight excluding hydrogens is 1210 g/mol. The minimum atomic E-state index is -2.12. The Balaban J connectivity index is 1.04. The van der Waals surface area contributed by atoms with E-state index < -0.39 is 240 Å². The topological polar surface area (TPSA) is 580 Å². The molecule has 0 aromatic rings. The van der Waals surface area contributed by atoms with Gasteiger partial charge in [-0.1, -0.05) is 21.6 Å². The summed E-state index contributed by atoms with van der Waals surface area (Å²) in [5.74, 6) is -0.108. The molecule has 0 aromatic heterocycles. The first kappa shape index (κ1) is 71.2. The Morgan fingerprint density at radius 2 is 0.942 bits per heavy atom. The van der Waals surface area contributed by atoms with Crippen molar-refractivity contribution in [2.24, 2.45) is 4.99 Å². The highest BCUT2D eigenvalue weighted by Gasteiger charge is 2.56. The fourth-order valence-electron chi connectivity index (χ4n) is 9.99. The highest BCUT2D eigenvalue weighted by Crippen LogP contribution is 2.37. The van der Waals surface area contributed by atoms with Gasteiger partial charge in [0.25, 0.3) is 5.70 Å². The maximum atomic E-state index is 12.8. The predicted octanol–water partition coefficient (Wildman–Crippen LogP) is -11.8. The predicted molar refractivity (Wildman–Crippen MR) is 277 cm³/mol. The number of amides is 1. The molecule has 7 heterocycles. The van der Waals surface area contributed by atoms with Crippen molar-refractivity contribution in [3.63, 3.8) is 0 Å². The van der Waals surface area contributed by atoms with Gasteiger partial charge >= 0.3 is 0 Å². The summed E-state index contributed by atoms with van der Waals surface area (Å²) in [6.45, 7) is -5.65. The number of rotatable bonds is 27. The lowest BCUT2D eigenvalue weighted by Crippen LogP contribution is -2.67. The number of nitro groups is 1. The van der Waals surface area contributed by atoms with E-state index in [0.717, 1.165) is 10.8 Å². The zero-order valence-corrected chi connectivity index (χ0v) is 47.0.